The Labute approximate surface area is 103 Å². The molecule has 5 nitrogen and oxygen atoms in total. The normalized spacial score (nSPS) is 14.9. The largest absolute Gasteiger partial charge is 0.308 e. The number of nitrogens with one attached hydrogen (secondary N) is 2. The lowest BCUT2D eigenvalue weighted by atomic mass is 10.5. The van der Waals surface area contributed by atoms with Gasteiger partial charge < -0.3 is 10.6 Å². The summed E-state index contributed by atoms with van der Waals surface area (Å²) in [5, 5.41) is 5.93. The molecule has 1 aromatic rings. The molecule has 1 aromatic heterocycles. The number of carbonyl (C=O) groups is 1. The van der Waals surface area contributed by atoms with Gasteiger partial charge in [-0.2, -0.15) is 0 Å². The molecule has 1 fully saturated rings. The van der Waals surface area contributed by atoms with Gasteiger partial charge in [0, 0.05) is 6.04 Å². The van der Waals surface area contributed by atoms with Crippen molar-refractivity contribution in [2.45, 2.75) is 18.9 Å². The number of carbonyl (C=O) groups excluding carboxylic acids is 1. The van der Waals surface area contributed by atoms with Crippen LogP contribution in [0.4, 0.5) is 5.82 Å². The van der Waals surface area contributed by atoms with Crippen molar-refractivity contribution < 1.29 is 4.79 Å². The van der Waals surface area contributed by atoms with Crippen LogP contribution in [0.15, 0.2) is 6.33 Å². The van der Waals surface area contributed by atoms with Gasteiger partial charge in [0.1, 0.15) is 11.3 Å². The Morgan fingerprint density at radius 2 is 2.19 bits per heavy atom. The molecule has 2 N–H and O–H groups in total. The fourth-order valence-corrected chi connectivity index (χ4v) is 1.41. The topological polar surface area (TPSA) is 66.9 Å². The summed E-state index contributed by atoms with van der Waals surface area (Å²) in [5.41, 5.74) is 0. The zero-order chi connectivity index (χ0) is 11.5. The van der Waals surface area contributed by atoms with Crippen LogP contribution in [0.3, 0.4) is 0 Å². The number of amides is 1. The van der Waals surface area contributed by atoms with Gasteiger partial charge in [-0.1, -0.05) is 23.2 Å². The number of aromatic nitrogens is 2. The number of anilines is 1. The second kappa shape index (κ2) is 4.95. The van der Waals surface area contributed by atoms with E-state index >= 15 is 0 Å². The standard InChI is InChI=1S/C9H10Cl2N4O/c10-7-8(11)13-4-14-9(7)15-6(16)3-12-5-1-2-5/h4-5,12H,1-3H2,(H,13,14,15,16). The first kappa shape index (κ1) is 11.6. The van der Waals surface area contributed by atoms with Gasteiger partial charge in [-0.05, 0) is 12.8 Å². The monoisotopic (exact) mass is 260 g/mol. The minimum Gasteiger partial charge on any atom is -0.308 e. The van der Waals surface area contributed by atoms with Gasteiger partial charge in [0.2, 0.25) is 5.91 Å². The van der Waals surface area contributed by atoms with Crippen LogP contribution in [0.1, 0.15) is 12.8 Å². The van der Waals surface area contributed by atoms with Crippen molar-refractivity contribution >= 4 is 34.9 Å². The molecule has 0 bridgehead atoms. The van der Waals surface area contributed by atoms with Crippen LogP contribution < -0.4 is 10.6 Å². The van der Waals surface area contributed by atoms with Gasteiger partial charge in [0.25, 0.3) is 0 Å². The predicted octanol–water partition coefficient (Wildman–Crippen LogP) is 1.47. The molecule has 7 heteroatoms. The van der Waals surface area contributed by atoms with Gasteiger partial charge in [-0.3, -0.25) is 4.79 Å². The minimum atomic E-state index is -0.191. The molecule has 0 unspecified atom stereocenters. The van der Waals surface area contributed by atoms with Crippen molar-refractivity contribution in [1.82, 2.24) is 15.3 Å². The van der Waals surface area contributed by atoms with Crippen LogP contribution >= 0.6 is 23.2 Å². The molecule has 0 aromatic carbocycles. The van der Waals surface area contributed by atoms with Crippen LogP contribution in [-0.2, 0) is 4.79 Å². The van der Waals surface area contributed by atoms with E-state index in [0.717, 1.165) is 12.8 Å². The Morgan fingerprint density at radius 1 is 1.44 bits per heavy atom. The molecular weight excluding hydrogens is 251 g/mol. The van der Waals surface area contributed by atoms with Gasteiger partial charge in [0.05, 0.1) is 6.54 Å². The molecule has 1 heterocycles. The summed E-state index contributed by atoms with van der Waals surface area (Å²) in [6, 6.07) is 0.482. The fraction of sp³-hybridized carbons (Fsp3) is 0.444. The summed E-state index contributed by atoms with van der Waals surface area (Å²) >= 11 is 11.5. The Hall–Kier alpha value is -0.910. The third-order valence-electron chi connectivity index (χ3n) is 2.13. The highest BCUT2D eigenvalue weighted by atomic mass is 35.5. The van der Waals surface area contributed by atoms with Gasteiger partial charge >= 0.3 is 0 Å². The molecule has 16 heavy (non-hydrogen) atoms. The van der Waals surface area contributed by atoms with E-state index in [2.05, 4.69) is 20.6 Å². The Kier molecular flexibility index (Phi) is 3.58. The number of rotatable bonds is 4. The zero-order valence-electron chi connectivity index (χ0n) is 8.33. The summed E-state index contributed by atoms with van der Waals surface area (Å²) in [7, 11) is 0. The highest BCUT2D eigenvalue weighted by Crippen LogP contribution is 2.25. The average Bonchev–Trinajstić information content (AvgIpc) is 3.06. The average molecular weight is 261 g/mol. The summed E-state index contributed by atoms with van der Waals surface area (Å²) in [5.74, 6) is 0.0489. The molecule has 0 aliphatic heterocycles. The molecule has 0 saturated heterocycles. The summed E-state index contributed by atoms with van der Waals surface area (Å²) in [6.45, 7) is 0.253. The second-order valence-electron chi connectivity index (χ2n) is 3.53. The van der Waals surface area contributed by atoms with Crippen LogP contribution in [0.5, 0.6) is 0 Å². The third kappa shape index (κ3) is 3.04. The van der Waals surface area contributed by atoms with E-state index in [1.54, 1.807) is 0 Å². The van der Waals surface area contributed by atoms with Crippen molar-refractivity contribution in [2.24, 2.45) is 0 Å². The Morgan fingerprint density at radius 3 is 2.88 bits per heavy atom. The van der Waals surface area contributed by atoms with Crippen molar-refractivity contribution in [2.75, 3.05) is 11.9 Å². The highest BCUT2D eigenvalue weighted by Gasteiger charge is 2.21. The van der Waals surface area contributed by atoms with Gasteiger partial charge in [-0.25, -0.2) is 9.97 Å². The predicted molar refractivity (Wildman–Crippen MR) is 61.7 cm³/mol. The maximum atomic E-state index is 11.5. The number of hydrogen-bond acceptors (Lipinski definition) is 4. The molecule has 0 radical (unpaired) electrons. The number of hydrogen-bond donors (Lipinski definition) is 2. The smallest absolute Gasteiger partial charge is 0.239 e. The zero-order valence-corrected chi connectivity index (χ0v) is 9.85. The van der Waals surface area contributed by atoms with E-state index in [0.29, 0.717) is 6.04 Å². The lowest BCUT2D eigenvalue weighted by Crippen LogP contribution is -2.29. The van der Waals surface area contributed by atoms with E-state index in [1.165, 1.54) is 6.33 Å². The van der Waals surface area contributed by atoms with Crippen LogP contribution in [0.2, 0.25) is 10.2 Å². The Balaban J connectivity index is 1.91. The molecule has 1 aliphatic carbocycles. The van der Waals surface area contributed by atoms with E-state index in [1.807, 2.05) is 0 Å². The van der Waals surface area contributed by atoms with E-state index in [-0.39, 0.29) is 28.4 Å². The first-order valence-corrected chi connectivity index (χ1v) is 5.61. The minimum absolute atomic E-state index is 0.127. The van der Waals surface area contributed by atoms with Crippen LogP contribution in [-0.4, -0.2) is 28.5 Å². The van der Waals surface area contributed by atoms with Crippen molar-refractivity contribution in [3.05, 3.63) is 16.5 Å². The van der Waals surface area contributed by atoms with Crippen molar-refractivity contribution in [3.63, 3.8) is 0 Å². The summed E-state index contributed by atoms with van der Waals surface area (Å²) in [4.78, 5) is 19.0. The maximum absolute atomic E-state index is 11.5. The molecule has 1 amide bonds. The Bertz CT molecular complexity index is 408. The molecule has 0 atom stereocenters. The molecular formula is C9H10Cl2N4O. The highest BCUT2D eigenvalue weighted by molar-refractivity contribution is 6.42. The number of nitrogens with zero attached hydrogens (tertiary/aromatic N) is 2. The van der Waals surface area contributed by atoms with E-state index in [4.69, 9.17) is 23.2 Å². The number of halogens is 2. The lowest BCUT2D eigenvalue weighted by molar-refractivity contribution is -0.115. The summed E-state index contributed by atoms with van der Waals surface area (Å²) in [6.07, 6.45) is 3.51. The quantitative estimate of drug-likeness (QED) is 0.805. The van der Waals surface area contributed by atoms with Crippen molar-refractivity contribution in [3.8, 4) is 0 Å². The first-order chi connectivity index (χ1) is 7.66. The second-order valence-corrected chi connectivity index (χ2v) is 4.27. The van der Waals surface area contributed by atoms with E-state index < -0.39 is 0 Å². The summed E-state index contributed by atoms with van der Waals surface area (Å²) < 4.78 is 0. The molecule has 1 aliphatic rings. The molecule has 0 spiro atoms. The van der Waals surface area contributed by atoms with Crippen molar-refractivity contribution in [1.29, 1.82) is 0 Å². The molecule has 1 saturated carbocycles. The lowest BCUT2D eigenvalue weighted by Gasteiger charge is -2.06. The van der Waals surface area contributed by atoms with Crippen LogP contribution in [0, 0.1) is 0 Å². The fourth-order valence-electron chi connectivity index (χ4n) is 1.14. The maximum Gasteiger partial charge on any atom is 0.239 e. The molecule has 2 rings (SSSR count). The third-order valence-corrected chi connectivity index (χ3v) is 2.87. The van der Waals surface area contributed by atoms with Gasteiger partial charge in [0.15, 0.2) is 11.0 Å². The first-order valence-electron chi connectivity index (χ1n) is 4.86. The molecule has 86 valence electrons. The van der Waals surface area contributed by atoms with Gasteiger partial charge in [-0.15, -0.1) is 0 Å². The SMILES string of the molecule is O=C(CNC1CC1)Nc1ncnc(Cl)c1Cl. The van der Waals surface area contributed by atoms with E-state index in [9.17, 15) is 4.79 Å². The van der Waals surface area contributed by atoms with Crippen LogP contribution in [0.25, 0.3) is 0 Å².